The fourth-order valence-electron chi connectivity index (χ4n) is 3.35. The Labute approximate surface area is 204 Å². The van der Waals surface area contributed by atoms with E-state index in [1.165, 1.54) is 40.1 Å². The molecule has 0 unspecified atom stereocenters. The molecule has 0 amide bonds. The van der Waals surface area contributed by atoms with E-state index < -0.39 is 23.9 Å². The number of aliphatic imine (C=N–C) groups is 2. The van der Waals surface area contributed by atoms with E-state index in [4.69, 9.17) is 0 Å². The monoisotopic (exact) mass is 491 g/mol. The van der Waals surface area contributed by atoms with Gasteiger partial charge in [0, 0.05) is 12.4 Å². The zero-order chi connectivity index (χ0) is 23.7. The molecule has 0 aromatic heterocycles. The third kappa shape index (κ3) is 8.11. The molecular weight excluding hydrogens is 463 g/mol. The summed E-state index contributed by atoms with van der Waals surface area (Å²) in [6.45, 7) is 5.42. The Hall–Kier alpha value is -3.03. The van der Waals surface area contributed by atoms with Gasteiger partial charge in [0.05, 0.1) is 0 Å². The van der Waals surface area contributed by atoms with E-state index in [2.05, 4.69) is 9.98 Å². The van der Waals surface area contributed by atoms with Gasteiger partial charge in [0.2, 0.25) is 0 Å². The molecule has 0 fully saturated rings. The van der Waals surface area contributed by atoms with Crippen LogP contribution in [0.25, 0.3) is 0 Å². The van der Waals surface area contributed by atoms with Crippen LogP contribution in [0.15, 0.2) is 70.6 Å². The van der Waals surface area contributed by atoms with Crippen molar-refractivity contribution in [1.29, 1.82) is 0 Å². The Kier molecular flexibility index (Phi) is 11.5. The number of nitrogens with zero attached hydrogens (tertiary/aromatic N) is 2. The predicted octanol–water partition coefficient (Wildman–Crippen LogP) is 4.20. The molecule has 6 nitrogen and oxygen atoms in total. The van der Waals surface area contributed by atoms with Crippen molar-refractivity contribution in [1.82, 2.24) is 0 Å². The van der Waals surface area contributed by atoms with Gasteiger partial charge in [-0.05, 0) is 38.8 Å². The molecule has 1 radical (unpaired) electrons. The molecule has 0 heterocycles. The predicted molar refractivity (Wildman–Crippen MR) is 125 cm³/mol. The Balaban J connectivity index is 0.00000544. The maximum Gasteiger partial charge on any atom is 2.00 e. The Bertz CT molecular complexity index is 908. The van der Waals surface area contributed by atoms with Crippen molar-refractivity contribution in [2.45, 2.75) is 39.8 Å². The summed E-state index contributed by atoms with van der Waals surface area (Å²) in [5.74, 6) is -3.04. The van der Waals surface area contributed by atoms with Crippen molar-refractivity contribution in [2.24, 2.45) is 21.8 Å². The molecule has 33 heavy (non-hydrogen) atoms. The van der Waals surface area contributed by atoms with Crippen molar-refractivity contribution in [2.75, 3.05) is 0 Å². The number of benzene rings is 2. The summed E-state index contributed by atoms with van der Waals surface area (Å²) < 4.78 is 0. The summed E-state index contributed by atoms with van der Waals surface area (Å²) in [4.78, 5) is 57.0. The molecule has 2 atom stereocenters. The van der Waals surface area contributed by atoms with Crippen LogP contribution in [0.3, 0.4) is 0 Å². The molecule has 173 valence electrons. The van der Waals surface area contributed by atoms with Crippen LogP contribution in [0.4, 0.5) is 0 Å². The molecule has 0 aliphatic carbocycles. The Morgan fingerprint density at radius 2 is 0.848 bits per heavy atom. The summed E-state index contributed by atoms with van der Waals surface area (Å²) in [5.41, 5.74) is 1.64. The summed E-state index contributed by atoms with van der Waals surface area (Å²) in [5, 5.41) is 0. The Morgan fingerprint density at radius 3 is 1.09 bits per heavy atom. The number of hydrogen-bond acceptors (Lipinski definition) is 6. The minimum atomic E-state index is -0.941. The number of carbonyl (C=O) groups is 4. The van der Waals surface area contributed by atoms with E-state index in [0.717, 1.165) is 11.1 Å². The first-order chi connectivity index (χ1) is 15.2. The van der Waals surface area contributed by atoms with Gasteiger partial charge in [0.1, 0.15) is 47.1 Å². The SMILES string of the molecule is CC(=O)C(C=N[C@@H](c1ccccc1)[C@@H](N=CC(C(C)=O)C(C)=O)c1ccccc1)C(C)=O.[Co+2]. The van der Waals surface area contributed by atoms with Crippen LogP contribution in [0, 0.1) is 11.8 Å². The number of rotatable bonds is 11. The van der Waals surface area contributed by atoms with Crippen LogP contribution >= 0.6 is 0 Å². The second-order valence-corrected chi connectivity index (χ2v) is 7.71. The van der Waals surface area contributed by atoms with Crippen LogP contribution in [0.5, 0.6) is 0 Å². The molecule has 0 bridgehead atoms. The van der Waals surface area contributed by atoms with E-state index in [1.807, 2.05) is 60.7 Å². The van der Waals surface area contributed by atoms with Gasteiger partial charge < -0.3 is 0 Å². The number of ketones is 4. The zero-order valence-electron chi connectivity index (χ0n) is 19.1. The quantitative estimate of drug-likeness (QED) is 0.348. The maximum absolute atomic E-state index is 11.9. The van der Waals surface area contributed by atoms with Gasteiger partial charge in [0.25, 0.3) is 0 Å². The normalized spacial score (nSPS) is 13.2. The molecule has 7 heteroatoms. The minimum absolute atomic E-state index is 0. The van der Waals surface area contributed by atoms with Gasteiger partial charge in [-0.1, -0.05) is 60.7 Å². The molecule has 2 aromatic rings. The van der Waals surface area contributed by atoms with Gasteiger partial charge in [-0.3, -0.25) is 29.2 Å². The molecular formula is C26H28CoN2O4+2. The smallest absolute Gasteiger partial charge is 0.299 e. The first kappa shape index (κ1) is 28.0. The number of Topliss-reactive ketones (excluding diaryl/α,β-unsaturated/α-hetero) is 4. The number of hydrogen-bond donors (Lipinski definition) is 0. The summed E-state index contributed by atoms with van der Waals surface area (Å²) >= 11 is 0. The third-order valence-corrected chi connectivity index (χ3v) is 5.12. The maximum atomic E-state index is 11.9. The van der Waals surface area contributed by atoms with E-state index in [9.17, 15) is 19.2 Å². The van der Waals surface area contributed by atoms with Gasteiger partial charge in [-0.2, -0.15) is 0 Å². The largest absolute Gasteiger partial charge is 2.00 e. The van der Waals surface area contributed by atoms with Gasteiger partial charge >= 0.3 is 16.8 Å². The molecule has 0 spiro atoms. The van der Waals surface area contributed by atoms with Crippen molar-refractivity contribution in [3.05, 3.63) is 71.8 Å². The first-order valence-electron chi connectivity index (χ1n) is 10.4. The molecule has 0 aliphatic heterocycles. The minimum Gasteiger partial charge on any atom is -0.299 e. The van der Waals surface area contributed by atoms with Crippen LogP contribution < -0.4 is 0 Å². The van der Waals surface area contributed by atoms with Gasteiger partial charge in [0.15, 0.2) is 0 Å². The summed E-state index contributed by atoms with van der Waals surface area (Å²) in [6.07, 6.45) is 2.75. The van der Waals surface area contributed by atoms with Crippen molar-refractivity contribution >= 4 is 35.6 Å². The second-order valence-electron chi connectivity index (χ2n) is 7.71. The topological polar surface area (TPSA) is 93.0 Å². The zero-order valence-corrected chi connectivity index (χ0v) is 20.1. The molecule has 0 aliphatic rings. The summed E-state index contributed by atoms with van der Waals surface area (Å²) in [6, 6.07) is 17.6. The van der Waals surface area contributed by atoms with Crippen LogP contribution in [0.2, 0.25) is 0 Å². The van der Waals surface area contributed by atoms with Crippen molar-refractivity contribution < 1.29 is 36.0 Å². The molecule has 2 rings (SSSR count). The standard InChI is InChI=1S/C26H28N2O4.Co/c1-17(29)23(18(2)30)15-27-25(21-11-7-5-8-12-21)26(22-13-9-6-10-14-22)28-16-24(19(3)31)20(4)32;/h5-16,23-26H,1-4H3;/q;+2/t25-,26-;/m0./s1. The van der Waals surface area contributed by atoms with E-state index >= 15 is 0 Å². The van der Waals surface area contributed by atoms with E-state index in [0.29, 0.717) is 0 Å². The molecule has 0 saturated heterocycles. The van der Waals surface area contributed by atoms with Crippen LogP contribution in [-0.2, 0) is 36.0 Å². The Morgan fingerprint density at radius 1 is 0.576 bits per heavy atom. The fourth-order valence-corrected chi connectivity index (χ4v) is 3.35. The fraction of sp³-hybridized carbons (Fsp3) is 0.308. The molecule has 0 N–H and O–H groups in total. The van der Waals surface area contributed by atoms with Crippen molar-refractivity contribution in [3.63, 3.8) is 0 Å². The van der Waals surface area contributed by atoms with E-state index in [-0.39, 0.29) is 39.9 Å². The van der Waals surface area contributed by atoms with Gasteiger partial charge in [-0.15, -0.1) is 0 Å². The molecule has 0 saturated carbocycles. The first-order valence-corrected chi connectivity index (χ1v) is 10.4. The average Bonchev–Trinajstić information content (AvgIpc) is 2.75. The van der Waals surface area contributed by atoms with Crippen molar-refractivity contribution in [3.8, 4) is 0 Å². The van der Waals surface area contributed by atoms with E-state index in [1.54, 1.807) is 0 Å². The third-order valence-electron chi connectivity index (χ3n) is 5.12. The number of carbonyl (C=O) groups excluding carboxylic acids is 4. The average molecular weight is 491 g/mol. The molecule has 2 aromatic carbocycles. The second kappa shape index (κ2) is 13.5. The van der Waals surface area contributed by atoms with Crippen LogP contribution in [-0.4, -0.2) is 35.6 Å². The van der Waals surface area contributed by atoms with Gasteiger partial charge in [-0.25, -0.2) is 0 Å². The summed E-state index contributed by atoms with van der Waals surface area (Å²) in [7, 11) is 0. The van der Waals surface area contributed by atoms with Crippen LogP contribution in [0.1, 0.15) is 50.9 Å².